The molecule has 0 aliphatic carbocycles. The van der Waals surface area contributed by atoms with Gasteiger partial charge in [-0.3, -0.25) is 4.90 Å². The molecule has 11 nitrogen and oxygen atoms in total. The van der Waals surface area contributed by atoms with Crippen LogP contribution in [0.1, 0.15) is 44.9 Å². The van der Waals surface area contributed by atoms with Gasteiger partial charge in [-0.2, -0.15) is 9.97 Å². The van der Waals surface area contributed by atoms with E-state index in [1.165, 1.54) is 7.11 Å². The first-order valence-corrected chi connectivity index (χ1v) is 15.0. The van der Waals surface area contributed by atoms with E-state index in [4.69, 9.17) is 30.8 Å². The second-order valence-electron chi connectivity index (χ2n) is 12.4. The number of hydrogen-bond donors (Lipinski definition) is 0. The highest BCUT2D eigenvalue weighted by Gasteiger charge is 2.37. The lowest BCUT2D eigenvalue weighted by Crippen LogP contribution is -2.57. The third-order valence-electron chi connectivity index (χ3n) is 8.31. The molecule has 4 heterocycles. The fourth-order valence-corrected chi connectivity index (χ4v) is 6.05. The first-order chi connectivity index (χ1) is 20.6. The lowest BCUT2D eigenvalue weighted by molar-refractivity contribution is 0.0155. The summed E-state index contributed by atoms with van der Waals surface area (Å²) in [6.07, 6.45) is 2.38. The molecule has 1 amide bonds. The molecule has 2 atom stereocenters. The van der Waals surface area contributed by atoms with Gasteiger partial charge in [0.25, 0.3) is 0 Å². The van der Waals surface area contributed by atoms with Crippen LogP contribution in [-0.4, -0.2) is 104 Å². The van der Waals surface area contributed by atoms with Gasteiger partial charge in [-0.1, -0.05) is 6.07 Å². The van der Waals surface area contributed by atoms with Gasteiger partial charge in [-0.05, 0) is 65.8 Å². The van der Waals surface area contributed by atoms with Gasteiger partial charge in [0, 0.05) is 37.8 Å². The molecule has 5 rings (SSSR count). The Bertz CT molecular complexity index is 1360. The topological polar surface area (TPSA) is 87.9 Å². The van der Waals surface area contributed by atoms with Gasteiger partial charge in [0.1, 0.15) is 24.1 Å². The van der Waals surface area contributed by atoms with Crippen LogP contribution in [0.5, 0.6) is 11.8 Å². The first kappa shape index (κ1) is 30.6. The van der Waals surface area contributed by atoms with E-state index in [-0.39, 0.29) is 18.3 Å². The lowest BCUT2D eigenvalue weighted by atomic mass is 10.0. The molecule has 0 saturated carbocycles. The molecule has 232 valence electrons. The summed E-state index contributed by atoms with van der Waals surface area (Å²) in [5.41, 5.74) is 1.60. The molecule has 1 unspecified atom stereocenters. The smallest absolute Gasteiger partial charge is 0.410 e. The van der Waals surface area contributed by atoms with Crippen molar-refractivity contribution in [3.8, 4) is 11.8 Å². The van der Waals surface area contributed by atoms with E-state index in [0.29, 0.717) is 63.5 Å². The van der Waals surface area contributed by atoms with Crippen LogP contribution in [0.25, 0.3) is 4.85 Å². The Balaban J connectivity index is 1.44. The summed E-state index contributed by atoms with van der Waals surface area (Å²) < 4.78 is 32.3. The van der Waals surface area contributed by atoms with E-state index in [2.05, 4.69) is 21.7 Å². The van der Waals surface area contributed by atoms with Gasteiger partial charge in [0.15, 0.2) is 11.6 Å². The van der Waals surface area contributed by atoms with Crippen LogP contribution in [0.4, 0.5) is 20.7 Å². The summed E-state index contributed by atoms with van der Waals surface area (Å²) in [4.78, 5) is 34.4. The average Bonchev–Trinajstić information content (AvgIpc) is 3.39. The fourth-order valence-electron chi connectivity index (χ4n) is 6.05. The fraction of sp³-hybridized carbons (Fsp3) is 0.613. The number of rotatable bonds is 7. The third kappa shape index (κ3) is 6.88. The van der Waals surface area contributed by atoms with Crippen molar-refractivity contribution in [2.24, 2.45) is 0 Å². The van der Waals surface area contributed by atoms with E-state index in [1.54, 1.807) is 23.1 Å². The lowest BCUT2D eigenvalue weighted by Gasteiger charge is -2.41. The van der Waals surface area contributed by atoms with Crippen molar-refractivity contribution < 1.29 is 23.4 Å². The number of methoxy groups -OCH3 is 1. The Morgan fingerprint density at radius 3 is 2.65 bits per heavy atom. The van der Waals surface area contributed by atoms with Crippen molar-refractivity contribution in [3.05, 3.63) is 46.7 Å². The Kier molecular flexibility index (Phi) is 9.11. The predicted octanol–water partition coefficient (Wildman–Crippen LogP) is 4.00. The van der Waals surface area contributed by atoms with Crippen LogP contribution in [0.2, 0.25) is 0 Å². The van der Waals surface area contributed by atoms with Crippen molar-refractivity contribution in [3.63, 3.8) is 0 Å². The highest BCUT2D eigenvalue weighted by molar-refractivity contribution is 5.69. The van der Waals surface area contributed by atoms with Gasteiger partial charge in [0.05, 0.1) is 25.0 Å². The maximum atomic E-state index is 15.2. The molecule has 1 aromatic heterocycles. The number of hydrogen-bond acceptors (Lipinski definition) is 9. The Hall–Kier alpha value is -3.85. The number of fused-ring (bicyclic) bond motifs is 1. The molecule has 43 heavy (non-hydrogen) atoms. The molecule has 0 N–H and O–H groups in total. The number of benzene rings is 1. The van der Waals surface area contributed by atoms with Crippen molar-refractivity contribution >= 4 is 17.6 Å². The third-order valence-corrected chi connectivity index (χ3v) is 8.31. The number of piperazine rings is 1. The number of ether oxygens (including phenoxy) is 3. The van der Waals surface area contributed by atoms with Crippen molar-refractivity contribution in [2.45, 2.75) is 64.3 Å². The van der Waals surface area contributed by atoms with Gasteiger partial charge in [-0.15, -0.1) is 0 Å². The van der Waals surface area contributed by atoms with Crippen LogP contribution in [0, 0.1) is 12.4 Å². The number of anilines is 2. The van der Waals surface area contributed by atoms with Crippen LogP contribution in [-0.2, 0) is 17.7 Å². The molecule has 2 fully saturated rings. The predicted molar refractivity (Wildman–Crippen MR) is 161 cm³/mol. The Labute approximate surface area is 253 Å². The summed E-state index contributed by atoms with van der Waals surface area (Å²) >= 11 is 0. The largest absolute Gasteiger partial charge is 0.494 e. The molecule has 12 heteroatoms. The van der Waals surface area contributed by atoms with Gasteiger partial charge in [0.2, 0.25) is 6.54 Å². The maximum absolute atomic E-state index is 15.2. The minimum Gasteiger partial charge on any atom is -0.494 e. The van der Waals surface area contributed by atoms with Crippen molar-refractivity contribution in [1.82, 2.24) is 19.8 Å². The minimum absolute atomic E-state index is 0.156. The van der Waals surface area contributed by atoms with E-state index in [9.17, 15) is 4.79 Å². The van der Waals surface area contributed by atoms with Gasteiger partial charge in [-0.25, -0.2) is 15.8 Å². The molecule has 3 aliphatic rings. The van der Waals surface area contributed by atoms with Crippen molar-refractivity contribution in [2.75, 3.05) is 69.8 Å². The van der Waals surface area contributed by atoms with Crippen LogP contribution in [0.3, 0.4) is 0 Å². The normalized spacial score (nSPS) is 20.9. The van der Waals surface area contributed by atoms with Crippen LogP contribution >= 0.6 is 0 Å². The second kappa shape index (κ2) is 12.8. The summed E-state index contributed by atoms with van der Waals surface area (Å²) in [6.45, 7) is 17.0. The number of likely N-dealkylation sites (tertiary alicyclic amines) is 1. The molecular weight excluding hydrogens is 553 g/mol. The zero-order chi connectivity index (χ0) is 30.7. The van der Waals surface area contributed by atoms with Crippen LogP contribution in [0.15, 0.2) is 18.2 Å². The van der Waals surface area contributed by atoms with E-state index in [0.717, 1.165) is 36.5 Å². The number of halogens is 1. The Morgan fingerprint density at radius 1 is 1.14 bits per heavy atom. The standard InChI is InChI=1S/C31H42FN7O4/c1-31(2,3)43-30(40)39-16-15-38(18-22(39)17-33-4)28-23-12-14-37(25-10-7-11-26(41-6)27(25)32)19-24(23)34-29(35-28)42-20-21-9-8-13-36(21)5/h7,10-11,21-22H,8-9,12-20H2,1-3,5-6H3/t21-,22?/m0/s1. The maximum Gasteiger partial charge on any atom is 0.410 e. The van der Waals surface area contributed by atoms with Crippen LogP contribution < -0.4 is 19.3 Å². The first-order valence-electron chi connectivity index (χ1n) is 15.0. The second-order valence-corrected chi connectivity index (χ2v) is 12.4. The number of aromatic nitrogens is 2. The highest BCUT2D eigenvalue weighted by atomic mass is 19.1. The molecule has 2 saturated heterocycles. The molecule has 0 spiro atoms. The van der Waals surface area contributed by atoms with Gasteiger partial charge >= 0.3 is 12.1 Å². The quantitative estimate of drug-likeness (QED) is 0.441. The molecule has 3 aliphatic heterocycles. The summed E-state index contributed by atoms with van der Waals surface area (Å²) in [5, 5.41) is 0. The number of amides is 1. The molecule has 0 radical (unpaired) electrons. The molecule has 1 aromatic carbocycles. The molecular formula is C31H42FN7O4. The van der Waals surface area contributed by atoms with E-state index in [1.807, 2.05) is 25.7 Å². The van der Waals surface area contributed by atoms with Gasteiger partial charge < -0.3 is 33.8 Å². The van der Waals surface area contributed by atoms with Crippen molar-refractivity contribution in [1.29, 1.82) is 0 Å². The number of carbonyl (C=O) groups excluding carboxylic acids is 1. The van der Waals surface area contributed by atoms with E-state index < -0.39 is 17.5 Å². The summed E-state index contributed by atoms with van der Waals surface area (Å²) in [7, 11) is 3.56. The number of likely N-dealkylation sites (N-methyl/N-ethyl adjacent to an activating group) is 1. The molecule has 2 aromatic rings. The number of nitrogens with zero attached hydrogens (tertiary/aromatic N) is 7. The highest BCUT2D eigenvalue weighted by Crippen LogP contribution is 2.35. The average molecular weight is 596 g/mol. The number of carbonyl (C=O) groups is 1. The Morgan fingerprint density at radius 2 is 1.95 bits per heavy atom. The zero-order valence-corrected chi connectivity index (χ0v) is 25.8. The van der Waals surface area contributed by atoms with E-state index >= 15 is 4.39 Å². The minimum atomic E-state index is -0.629. The zero-order valence-electron chi connectivity index (χ0n) is 25.8. The SMILES string of the molecule is [C-]#[N+]CC1CN(c2nc(OC[C@@H]3CCCN3C)nc3c2CCN(c2cccc(OC)c2F)C3)CCN1C(=O)OC(C)(C)C. The molecule has 0 bridgehead atoms. The summed E-state index contributed by atoms with van der Waals surface area (Å²) in [6, 6.07) is 5.38. The monoisotopic (exact) mass is 595 g/mol. The summed E-state index contributed by atoms with van der Waals surface area (Å²) in [5.74, 6) is 0.554.